The summed E-state index contributed by atoms with van der Waals surface area (Å²) < 4.78 is 0. The number of halogens is 2. The van der Waals surface area contributed by atoms with Crippen LogP contribution in [-0.4, -0.2) is 36.3 Å². The van der Waals surface area contributed by atoms with Crippen molar-refractivity contribution in [2.45, 2.75) is 60.9 Å². The highest BCUT2D eigenvalue weighted by atomic mass is 35.5. The van der Waals surface area contributed by atoms with Gasteiger partial charge in [0.25, 0.3) is 0 Å². The monoisotopic (exact) mass is 482 g/mol. The molecule has 0 spiro atoms. The molecule has 1 atom stereocenters. The van der Waals surface area contributed by atoms with Crippen LogP contribution in [0.25, 0.3) is 0 Å². The third-order valence-corrected chi connectivity index (χ3v) is 5.39. The van der Waals surface area contributed by atoms with Crippen molar-refractivity contribution in [3.8, 4) is 0 Å². The molecular weight excluding hydrogens is 443 g/mol. The van der Waals surface area contributed by atoms with Gasteiger partial charge in [0.15, 0.2) is 0 Å². The zero-order valence-electron chi connectivity index (χ0n) is 20.5. The van der Waals surface area contributed by atoms with Gasteiger partial charge in [-0.05, 0) is 63.6 Å². The van der Waals surface area contributed by atoms with E-state index in [0.717, 1.165) is 42.2 Å². The first-order valence-electron chi connectivity index (χ1n) is 11.1. The van der Waals surface area contributed by atoms with E-state index in [4.69, 9.17) is 28.9 Å². The Bertz CT molecular complexity index is 788. The molecule has 0 radical (unpaired) electrons. The van der Waals surface area contributed by atoms with E-state index in [1.165, 1.54) is 6.42 Å². The van der Waals surface area contributed by atoms with Crippen LogP contribution in [0.3, 0.4) is 0 Å². The number of carbonyl (C=O) groups excluding carboxylic acids is 1. The highest BCUT2D eigenvalue weighted by molar-refractivity contribution is 6.31. The molecule has 1 heterocycles. The molecule has 2 rings (SSSR count). The number of amides is 1. The average molecular weight is 484 g/mol. The van der Waals surface area contributed by atoms with Crippen molar-refractivity contribution in [1.29, 1.82) is 0 Å². The summed E-state index contributed by atoms with van der Waals surface area (Å²) in [4.78, 5) is 17.6. The van der Waals surface area contributed by atoms with Gasteiger partial charge >= 0.3 is 0 Å². The predicted octanol–water partition coefficient (Wildman–Crippen LogP) is 6.04. The Hall–Kier alpha value is -1.82. The largest absolute Gasteiger partial charge is 0.369 e. The van der Waals surface area contributed by atoms with E-state index >= 15 is 0 Å². The Labute approximate surface area is 204 Å². The number of aryl methyl sites for hydroxylation is 1. The zero-order valence-corrected chi connectivity index (χ0v) is 22.0. The van der Waals surface area contributed by atoms with Gasteiger partial charge < -0.3 is 16.0 Å². The third-order valence-electron chi connectivity index (χ3n) is 4.86. The summed E-state index contributed by atoms with van der Waals surface area (Å²) >= 11 is 11.7. The number of amidine groups is 1. The second kappa shape index (κ2) is 15.9. The number of nitrogens with two attached hydrogens (primary N) is 1. The molecule has 180 valence electrons. The summed E-state index contributed by atoms with van der Waals surface area (Å²) in [6, 6.07) is 5.86. The van der Waals surface area contributed by atoms with Gasteiger partial charge in [0.1, 0.15) is 5.84 Å². The van der Waals surface area contributed by atoms with Crippen LogP contribution in [0.1, 0.15) is 58.6 Å². The minimum atomic E-state index is -0.268. The number of nitrogens with one attached hydrogen (secondary N) is 1. The Kier molecular flexibility index (Phi) is 15.0. The smallest absolute Gasteiger partial charge is 0.224 e. The molecule has 0 aliphatic carbocycles. The van der Waals surface area contributed by atoms with Crippen LogP contribution in [0.4, 0.5) is 0 Å². The highest BCUT2D eigenvalue weighted by Crippen LogP contribution is 2.28. The summed E-state index contributed by atoms with van der Waals surface area (Å²) in [6.45, 7) is 19.2. The minimum absolute atomic E-state index is 0.159. The number of primary amides is 1. The topological polar surface area (TPSA) is 70.7 Å². The van der Waals surface area contributed by atoms with Crippen LogP contribution in [0.15, 0.2) is 47.1 Å². The Morgan fingerprint density at radius 1 is 1.38 bits per heavy atom. The van der Waals surface area contributed by atoms with Crippen molar-refractivity contribution in [3.05, 3.63) is 58.2 Å². The lowest BCUT2D eigenvalue weighted by Gasteiger charge is -2.19. The molecular formula is C25H40Cl2N4O. The van der Waals surface area contributed by atoms with Crippen LogP contribution < -0.4 is 11.1 Å². The number of allylic oxidation sites excluding steroid dienone is 1. The van der Waals surface area contributed by atoms with Crippen LogP contribution in [0.5, 0.6) is 0 Å². The molecule has 0 bridgehead atoms. The molecule has 0 aromatic heterocycles. The normalized spacial score (nSPS) is 18.8. The van der Waals surface area contributed by atoms with Crippen LogP contribution in [0.2, 0.25) is 5.02 Å². The Morgan fingerprint density at radius 2 is 2.00 bits per heavy atom. The number of aliphatic imine (C=N–C) groups is 1. The second-order valence-electron chi connectivity index (χ2n) is 8.12. The summed E-state index contributed by atoms with van der Waals surface area (Å²) in [7, 11) is 0. The molecule has 0 saturated carbocycles. The number of likely N-dealkylation sites (tertiary alicyclic amines) is 1. The van der Waals surface area contributed by atoms with Crippen molar-refractivity contribution in [2.24, 2.45) is 16.1 Å². The molecule has 5 nitrogen and oxygen atoms in total. The third kappa shape index (κ3) is 11.7. The van der Waals surface area contributed by atoms with Gasteiger partial charge in [0, 0.05) is 22.8 Å². The Morgan fingerprint density at radius 3 is 2.41 bits per heavy atom. The van der Waals surface area contributed by atoms with Crippen molar-refractivity contribution in [1.82, 2.24) is 10.2 Å². The van der Waals surface area contributed by atoms with Crippen LogP contribution in [-0.2, 0) is 11.3 Å². The van der Waals surface area contributed by atoms with E-state index in [1.54, 1.807) is 19.2 Å². The van der Waals surface area contributed by atoms with E-state index in [2.05, 4.69) is 42.6 Å². The molecule has 1 aliphatic rings. The molecule has 1 aromatic rings. The van der Waals surface area contributed by atoms with Crippen LogP contribution in [0, 0.1) is 12.3 Å². The maximum atomic E-state index is 11.0. The fourth-order valence-corrected chi connectivity index (χ4v) is 3.02. The van der Waals surface area contributed by atoms with E-state index < -0.39 is 0 Å². The first-order chi connectivity index (χ1) is 15.0. The highest BCUT2D eigenvalue weighted by Gasteiger charge is 2.37. The van der Waals surface area contributed by atoms with E-state index in [9.17, 15) is 4.79 Å². The lowest BCUT2D eigenvalue weighted by Crippen LogP contribution is -2.36. The first-order valence-corrected chi connectivity index (χ1v) is 11.8. The number of benzene rings is 1. The van der Waals surface area contributed by atoms with Gasteiger partial charge in [-0.25, -0.2) is 0 Å². The molecule has 1 fully saturated rings. The minimum Gasteiger partial charge on any atom is -0.369 e. The molecule has 1 amide bonds. The molecule has 1 saturated heterocycles. The SMILES string of the molecule is C=CC(=NCc1ccc(Cl)c(C)c1)N/C=C(\C)Cl.CCC.CCN1CCC(C)(C(N)=O)C1. The first kappa shape index (κ1) is 30.2. The lowest BCUT2D eigenvalue weighted by atomic mass is 9.89. The fraction of sp³-hybridized carbons (Fsp3) is 0.520. The maximum absolute atomic E-state index is 11.0. The number of hydrogen-bond acceptors (Lipinski definition) is 3. The second-order valence-corrected chi connectivity index (χ2v) is 9.12. The molecule has 3 N–H and O–H groups in total. The summed E-state index contributed by atoms with van der Waals surface area (Å²) in [5.41, 5.74) is 7.17. The van der Waals surface area contributed by atoms with Crippen molar-refractivity contribution in [2.75, 3.05) is 19.6 Å². The number of nitrogens with zero attached hydrogens (tertiary/aromatic N) is 2. The van der Waals surface area contributed by atoms with E-state index in [-0.39, 0.29) is 11.3 Å². The molecule has 7 heteroatoms. The van der Waals surface area contributed by atoms with Gasteiger partial charge in [0.05, 0.1) is 12.0 Å². The quantitative estimate of drug-likeness (QED) is 0.383. The van der Waals surface area contributed by atoms with Gasteiger partial charge in [-0.15, -0.1) is 0 Å². The number of rotatable bonds is 6. The Balaban J connectivity index is 0.000000582. The van der Waals surface area contributed by atoms with Crippen molar-refractivity contribution in [3.63, 3.8) is 0 Å². The van der Waals surface area contributed by atoms with E-state index in [1.807, 2.05) is 32.0 Å². The molecule has 1 aliphatic heterocycles. The molecule has 1 aromatic carbocycles. The number of carbonyl (C=O) groups is 1. The molecule has 1 unspecified atom stereocenters. The van der Waals surface area contributed by atoms with Gasteiger partial charge in [-0.2, -0.15) is 0 Å². The summed E-state index contributed by atoms with van der Waals surface area (Å²) in [6.07, 6.45) is 5.49. The van der Waals surface area contributed by atoms with E-state index in [0.29, 0.717) is 17.4 Å². The maximum Gasteiger partial charge on any atom is 0.224 e. The van der Waals surface area contributed by atoms with Gasteiger partial charge in [-0.3, -0.25) is 9.79 Å². The fourth-order valence-electron chi connectivity index (χ4n) is 2.85. The van der Waals surface area contributed by atoms with Gasteiger partial charge in [0.2, 0.25) is 5.91 Å². The van der Waals surface area contributed by atoms with Crippen molar-refractivity contribution < 1.29 is 4.79 Å². The zero-order chi connectivity index (χ0) is 24.7. The van der Waals surface area contributed by atoms with Crippen molar-refractivity contribution >= 4 is 34.9 Å². The van der Waals surface area contributed by atoms with Crippen LogP contribution >= 0.6 is 23.2 Å². The standard InChI is InChI=1S/C14H16Cl2N2.C8H16N2O.C3H8/c1-4-14(17-8-11(3)15)18-9-12-5-6-13(16)10(2)7-12;1-3-10-5-4-8(2,6-10)7(9)11;1-3-2/h4-8H,1,9H2,2-3H3,(H,17,18);3-6H2,1-2H3,(H2,9,11);3H2,1-2H3/b11-8+;;. The molecule has 32 heavy (non-hydrogen) atoms. The summed E-state index contributed by atoms with van der Waals surface area (Å²) in [5, 5.41) is 4.41. The van der Waals surface area contributed by atoms with Gasteiger partial charge in [-0.1, -0.05) is 69.1 Å². The lowest BCUT2D eigenvalue weighted by molar-refractivity contribution is -0.126. The summed E-state index contributed by atoms with van der Waals surface area (Å²) in [5.74, 6) is 0.524. The predicted molar refractivity (Wildman–Crippen MR) is 140 cm³/mol. The number of hydrogen-bond donors (Lipinski definition) is 2. The average Bonchev–Trinajstić information content (AvgIpc) is 3.14.